The van der Waals surface area contributed by atoms with E-state index in [2.05, 4.69) is 60.5 Å². The van der Waals surface area contributed by atoms with Gasteiger partial charge in [-0.2, -0.15) is 4.98 Å². The predicted molar refractivity (Wildman–Crippen MR) is 235 cm³/mol. The molecule has 3 aromatic carbocycles. The molecule has 4 aliphatic rings. The number of imide groups is 1. The van der Waals surface area contributed by atoms with Crippen LogP contribution in [0.4, 0.5) is 27.9 Å². The number of halogens is 1. The minimum Gasteiger partial charge on any atom is -0.366 e. The molecule has 4 aromatic rings. The summed E-state index contributed by atoms with van der Waals surface area (Å²) in [5.41, 5.74) is 10.6. The van der Waals surface area contributed by atoms with Gasteiger partial charge in [-0.1, -0.05) is 47.7 Å². The molecule has 1 atom stereocenters. The number of anilines is 4. The SMILES string of the molecule is NC(=O)c1ccccc1Nc1nc(Nc2ccc(C3CCN(C(=O)NC4CCC(NCCC#Cc5ccc6c(c5)CN(C5CCC(=O)NC5=O)C6=O)CC4)CC3)cc2)ncc1Cl. The van der Waals surface area contributed by atoms with Gasteiger partial charge in [0.2, 0.25) is 17.8 Å². The Balaban J connectivity index is 0.725. The second kappa shape index (κ2) is 19.0. The first-order valence-electron chi connectivity index (χ1n) is 21.2. The van der Waals surface area contributed by atoms with Gasteiger partial charge in [0.25, 0.3) is 11.8 Å². The number of hydrogen-bond acceptors (Lipinski definition) is 10. The number of amides is 6. The Hall–Kier alpha value is -6.50. The van der Waals surface area contributed by atoms with Gasteiger partial charge in [0.1, 0.15) is 11.1 Å². The summed E-state index contributed by atoms with van der Waals surface area (Å²) in [5.74, 6) is 6.01. The maximum atomic E-state index is 13.2. The average molecular weight is 857 g/mol. The molecule has 0 bridgehead atoms. The van der Waals surface area contributed by atoms with E-state index in [9.17, 15) is 24.0 Å². The first-order chi connectivity index (χ1) is 30.1. The number of carbonyl (C=O) groups excluding carboxylic acids is 5. The first kappa shape index (κ1) is 42.2. The van der Waals surface area contributed by atoms with E-state index in [1.165, 1.54) is 11.8 Å². The summed E-state index contributed by atoms with van der Waals surface area (Å²) in [5, 5.41) is 15.8. The van der Waals surface area contributed by atoms with Crippen LogP contribution in [-0.2, 0) is 16.1 Å². The lowest BCUT2D eigenvalue weighted by molar-refractivity contribution is -0.136. The van der Waals surface area contributed by atoms with Crippen LogP contribution in [0.1, 0.15) is 101 Å². The standard InChI is InChI=1S/C46H49ClN10O5/c47-37-26-50-45(55-42(37)53-38-7-2-1-6-36(38)41(48)59)51-33-11-9-29(10-12-33)30-20-23-56(24-21-30)46(62)52-34-15-13-32(14-16-34)49-22-4-3-5-28-8-17-35-31(25-28)27-57(44(35)61)39-18-19-40(58)54-43(39)60/h1-2,6-12,17,25-26,30,32,34,39,49H,4,13-16,18-24,27H2,(H2,48,59)(H,52,62)(H,54,58,60)(H2,50,51,53,55). The predicted octanol–water partition coefficient (Wildman–Crippen LogP) is 5.71. The molecule has 16 heteroatoms. The van der Waals surface area contributed by atoms with Crippen molar-refractivity contribution in [2.45, 2.75) is 88.4 Å². The van der Waals surface area contributed by atoms with Crippen LogP contribution < -0.4 is 32.3 Å². The minimum atomic E-state index is -0.631. The van der Waals surface area contributed by atoms with E-state index in [1.54, 1.807) is 35.2 Å². The highest BCUT2D eigenvalue weighted by Crippen LogP contribution is 2.32. The van der Waals surface area contributed by atoms with Crippen LogP contribution in [0, 0.1) is 11.8 Å². The second-order valence-electron chi connectivity index (χ2n) is 16.2. The average Bonchev–Trinajstić information content (AvgIpc) is 3.60. The van der Waals surface area contributed by atoms with E-state index >= 15 is 0 Å². The third-order valence-corrected chi connectivity index (χ3v) is 12.4. The summed E-state index contributed by atoms with van der Waals surface area (Å²) in [6.45, 7) is 2.50. The Morgan fingerprint density at radius 1 is 0.903 bits per heavy atom. The summed E-state index contributed by atoms with van der Waals surface area (Å²) in [7, 11) is 0. The van der Waals surface area contributed by atoms with Gasteiger partial charge in [-0.15, -0.1) is 0 Å². The zero-order valence-corrected chi connectivity index (χ0v) is 35.0. The van der Waals surface area contributed by atoms with Crippen molar-refractivity contribution >= 4 is 64.4 Å². The Labute approximate surface area is 364 Å². The topological polar surface area (TPSA) is 204 Å². The molecule has 15 nitrogen and oxygen atoms in total. The highest BCUT2D eigenvalue weighted by atomic mass is 35.5. The van der Waals surface area contributed by atoms with E-state index in [-0.39, 0.29) is 30.3 Å². The van der Waals surface area contributed by atoms with Crippen molar-refractivity contribution < 1.29 is 24.0 Å². The summed E-state index contributed by atoms with van der Waals surface area (Å²) in [4.78, 5) is 74.3. The lowest BCUT2D eigenvalue weighted by atomic mass is 9.89. The number of fused-ring (bicyclic) bond motifs is 1. The summed E-state index contributed by atoms with van der Waals surface area (Å²) in [6.07, 6.45) is 8.34. The monoisotopic (exact) mass is 856 g/mol. The molecule has 3 aliphatic heterocycles. The van der Waals surface area contributed by atoms with Crippen LogP contribution in [0.3, 0.4) is 0 Å². The molecular formula is C46H49ClN10O5. The number of nitrogens with two attached hydrogens (primary N) is 1. The molecule has 320 valence electrons. The number of aromatic nitrogens is 2. The van der Waals surface area contributed by atoms with Crippen molar-refractivity contribution in [2.75, 3.05) is 30.3 Å². The normalized spacial score (nSPS) is 20.1. The van der Waals surface area contributed by atoms with Crippen molar-refractivity contribution in [3.63, 3.8) is 0 Å². The highest BCUT2D eigenvalue weighted by Gasteiger charge is 2.39. The fourth-order valence-electron chi connectivity index (χ4n) is 8.70. The van der Waals surface area contributed by atoms with Gasteiger partial charge in [-0.25, -0.2) is 9.78 Å². The van der Waals surface area contributed by atoms with Crippen molar-refractivity contribution in [3.8, 4) is 11.8 Å². The molecule has 1 saturated carbocycles. The maximum Gasteiger partial charge on any atom is 0.317 e. The molecule has 4 heterocycles. The number of urea groups is 1. The van der Waals surface area contributed by atoms with Gasteiger partial charge in [0.05, 0.1) is 17.4 Å². The van der Waals surface area contributed by atoms with Crippen LogP contribution in [-0.4, -0.2) is 87.2 Å². The molecule has 1 aromatic heterocycles. The van der Waals surface area contributed by atoms with Gasteiger partial charge >= 0.3 is 6.03 Å². The number of piperidine rings is 2. The minimum absolute atomic E-state index is 0.0178. The van der Waals surface area contributed by atoms with Gasteiger partial charge in [-0.05, 0) is 104 Å². The molecule has 1 unspecified atom stereocenters. The first-order valence-corrected chi connectivity index (χ1v) is 21.6. The summed E-state index contributed by atoms with van der Waals surface area (Å²) in [6, 6.07) is 20.5. The lowest BCUT2D eigenvalue weighted by Crippen LogP contribution is -2.52. The second-order valence-corrected chi connectivity index (χ2v) is 16.6. The number of nitrogens with one attached hydrogen (secondary N) is 5. The zero-order valence-electron chi connectivity index (χ0n) is 34.2. The number of para-hydroxylation sites is 1. The van der Waals surface area contributed by atoms with Gasteiger partial charge < -0.3 is 36.8 Å². The number of rotatable bonds is 11. The number of primary amides is 1. The van der Waals surface area contributed by atoms with E-state index in [1.807, 2.05) is 29.2 Å². The van der Waals surface area contributed by atoms with Crippen molar-refractivity contribution in [2.24, 2.45) is 5.73 Å². The molecule has 7 N–H and O–H groups in total. The molecule has 8 rings (SSSR count). The molecule has 1 aliphatic carbocycles. The van der Waals surface area contributed by atoms with E-state index in [4.69, 9.17) is 17.3 Å². The quantitative estimate of drug-likeness (QED) is 0.0617. The fourth-order valence-corrected chi connectivity index (χ4v) is 8.83. The van der Waals surface area contributed by atoms with Gasteiger partial charge in [-0.3, -0.25) is 24.5 Å². The van der Waals surface area contributed by atoms with Crippen LogP contribution in [0.15, 0.2) is 72.9 Å². The van der Waals surface area contributed by atoms with Crippen LogP contribution >= 0.6 is 11.6 Å². The number of carbonyl (C=O) groups is 5. The third-order valence-electron chi connectivity index (χ3n) is 12.1. The Morgan fingerprint density at radius 3 is 2.42 bits per heavy atom. The molecule has 2 saturated heterocycles. The Morgan fingerprint density at radius 2 is 1.66 bits per heavy atom. The Bertz CT molecular complexity index is 2420. The van der Waals surface area contributed by atoms with Gasteiger partial charge in [0, 0.05) is 67.9 Å². The van der Waals surface area contributed by atoms with Crippen LogP contribution in [0.2, 0.25) is 5.02 Å². The van der Waals surface area contributed by atoms with Gasteiger partial charge in [0.15, 0.2) is 5.82 Å². The van der Waals surface area contributed by atoms with E-state index in [0.29, 0.717) is 78.0 Å². The molecule has 6 amide bonds. The van der Waals surface area contributed by atoms with Crippen molar-refractivity contribution in [1.82, 2.24) is 35.7 Å². The fraction of sp³-hybridized carbons (Fsp3) is 0.370. The molecule has 62 heavy (non-hydrogen) atoms. The van der Waals surface area contributed by atoms with E-state index in [0.717, 1.165) is 61.9 Å². The van der Waals surface area contributed by atoms with Crippen molar-refractivity contribution in [1.29, 1.82) is 0 Å². The molecule has 0 spiro atoms. The van der Waals surface area contributed by atoms with Crippen molar-refractivity contribution in [3.05, 3.63) is 106 Å². The smallest absolute Gasteiger partial charge is 0.317 e. The molecular weight excluding hydrogens is 808 g/mol. The third kappa shape index (κ3) is 9.99. The number of hydrogen-bond donors (Lipinski definition) is 6. The molecule has 3 fully saturated rings. The maximum absolute atomic E-state index is 13.2. The molecule has 0 radical (unpaired) electrons. The largest absolute Gasteiger partial charge is 0.366 e. The van der Waals surface area contributed by atoms with Crippen LogP contribution in [0.5, 0.6) is 0 Å². The number of likely N-dealkylation sites (tertiary alicyclic amines) is 1. The van der Waals surface area contributed by atoms with E-state index < -0.39 is 17.9 Å². The zero-order chi connectivity index (χ0) is 43.2. The van der Waals surface area contributed by atoms with Crippen LogP contribution in [0.25, 0.3) is 0 Å². The Kier molecular flexibility index (Phi) is 13.0. The lowest BCUT2D eigenvalue weighted by Gasteiger charge is -2.35. The highest BCUT2D eigenvalue weighted by molar-refractivity contribution is 6.33. The number of nitrogens with zero attached hydrogens (tertiary/aromatic N) is 4. The summed E-state index contributed by atoms with van der Waals surface area (Å²) < 4.78 is 0. The summed E-state index contributed by atoms with van der Waals surface area (Å²) >= 11 is 6.36. The number of benzene rings is 3.